The maximum Gasteiger partial charge on any atom is 0.326 e. The van der Waals surface area contributed by atoms with Crippen LogP contribution in [0, 0.1) is 0 Å². The van der Waals surface area contributed by atoms with Gasteiger partial charge >= 0.3 is 5.97 Å². The molecule has 7 heteroatoms. The average molecular weight is 420 g/mol. The fraction of sp³-hybridized carbons (Fsp3) is 0.333. The van der Waals surface area contributed by atoms with E-state index in [9.17, 15) is 19.2 Å². The Bertz CT molecular complexity index is 963. The summed E-state index contributed by atoms with van der Waals surface area (Å²) < 4.78 is 5.18. The van der Waals surface area contributed by atoms with Gasteiger partial charge in [-0.25, -0.2) is 0 Å². The van der Waals surface area contributed by atoms with E-state index in [1.807, 2.05) is 30.3 Å². The Kier molecular flexibility index (Phi) is 6.11. The van der Waals surface area contributed by atoms with E-state index in [0.29, 0.717) is 0 Å². The monoisotopic (exact) mass is 420 g/mol. The van der Waals surface area contributed by atoms with Crippen LogP contribution < -0.4 is 4.90 Å². The summed E-state index contributed by atoms with van der Waals surface area (Å²) >= 11 is 0. The number of anilines is 1. The van der Waals surface area contributed by atoms with Crippen LogP contribution in [0.25, 0.3) is 0 Å². The molecule has 0 spiro atoms. The summed E-state index contributed by atoms with van der Waals surface area (Å²) in [7, 11) is 0. The number of nitrogens with zero attached hydrogens (tertiary/aromatic N) is 2. The third-order valence-corrected chi connectivity index (χ3v) is 5.76. The number of para-hydroxylation sites is 1. The fourth-order valence-electron chi connectivity index (χ4n) is 4.26. The summed E-state index contributed by atoms with van der Waals surface area (Å²) in [4.78, 5) is 52.7. The molecule has 2 aromatic rings. The number of carbonyl (C=O) groups is 4. The molecule has 0 N–H and O–H groups in total. The van der Waals surface area contributed by atoms with Crippen molar-refractivity contribution in [2.24, 2.45) is 0 Å². The van der Waals surface area contributed by atoms with Gasteiger partial charge in [0.05, 0.1) is 11.1 Å². The largest absolute Gasteiger partial charge is 0.454 e. The second-order valence-corrected chi connectivity index (χ2v) is 7.79. The molecule has 0 unspecified atom stereocenters. The molecule has 2 aromatic carbocycles. The Morgan fingerprint density at radius 2 is 1.45 bits per heavy atom. The van der Waals surface area contributed by atoms with Crippen LogP contribution in [0.1, 0.15) is 52.8 Å². The Labute approximate surface area is 180 Å². The third kappa shape index (κ3) is 4.35. The van der Waals surface area contributed by atoms with Gasteiger partial charge < -0.3 is 9.64 Å². The maximum atomic E-state index is 13.0. The molecule has 0 aromatic heterocycles. The van der Waals surface area contributed by atoms with Crippen LogP contribution in [-0.2, 0) is 14.3 Å². The van der Waals surface area contributed by atoms with Crippen molar-refractivity contribution in [1.82, 2.24) is 4.90 Å². The van der Waals surface area contributed by atoms with Gasteiger partial charge in [-0.05, 0) is 37.1 Å². The van der Waals surface area contributed by atoms with Gasteiger partial charge in [0.15, 0.2) is 6.61 Å². The molecule has 4 rings (SSSR count). The van der Waals surface area contributed by atoms with Crippen LogP contribution in [0.15, 0.2) is 54.6 Å². The maximum absolute atomic E-state index is 13.0. The molecule has 2 aliphatic rings. The first-order chi connectivity index (χ1) is 15.1. The van der Waals surface area contributed by atoms with Crippen LogP contribution in [0.3, 0.4) is 0 Å². The van der Waals surface area contributed by atoms with Crippen LogP contribution in [-0.4, -0.2) is 47.8 Å². The zero-order valence-corrected chi connectivity index (χ0v) is 17.2. The third-order valence-electron chi connectivity index (χ3n) is 5.76. The van der Waals surface area contributed by atoms with Gasteiger partial charge in [-0.1, -0.05) is 49.6 Å². The lowest BCUT2D eigenvalue weighted by molar-refractivity contribution is -0.148. The molecule has 7 nitrogen and oxygen atoms in total. The van der Waals surface area contributed by atoms with Gasteiger partial charge in [-0.15, -0.1) is 0 Å². The Morgan fingerprint density at radius 1 is 0.871 bits per heavy atom. The number of hydrogen-bond donors (Lipinski definition) is 0. The predicted octanol–water partition coefficient (Wildman–Crippen LogP) is 3.19. The van der Waals surface area contributed by atoms with Crippen LogP contribution in [0.5, 0.6) is 0 Å². The van der Waals surface area contributed by atoms with E-state index in [0.717, 1.165) is 42.7 Å². The standard InChI is InChI=1S/C24H24N2O5/c27-21(26(17-9-3-1-4-10-17)18-11-5-2-6-12-18)16-31-22(28)15-25-23(29)19-13-7-8-14-20(19)24(25)30/h1,3-4,7-10,13-14,18H,2,5-6,11-12,15-16H2. The topological polar surface area (TPSA) is 84.0 Å². The number of esters is 1. The lowest BCUT2D eigenvalue weighted by Gasteiger charge is -2.34. The van der Waals surface area contributed by atoms with E-state index in [4.69, 9.17) is 4.74 Å². The minimum atomic E-state index is -0.792. The number of imide groups is 1. The molecule has 0 radical (unpaired) electrons. The van der Waals surface area contributed by atoms with E-state index in [-0.39, 0.29) is 23.1 Å². The van der Waals surface area contributed by atoms with Crippen molar-refractivity contribution in [2.75, 3.05) is 18.1 Å². The highest BCUT2D eigenvalue weighted by Crippen LogP contribution is 2.27. The average Bonchev–Trinajstić information content (AvgIpc) is 3.04. The molecule has 31 heavy (non-hydrogen) atoms. The lowest BCUT2D eigenvalue weighted by Crippen LogP contribution is -2.44. The highest BCUT2D eigenvalue weighted by molar-refractivity contribution is 6.22. The highest BCUT2D eigenvalue weighted by Gasteiger charge is 2.37. The number of hydrogen-bond acceptors (Lipinski definition) is 5. The number of fused-ring (bicyclic) bond motifs is 1. The molecule has 160 valence electrons. The summed E-state index contributed by atoms with van der Waals surface area (Å²) in [6.07, 6.45) is 5.08. The first-order valence-electron chi connectivity index (χ1n) is 10.5. The molecular formula is C24H24N2O5. The molecule has 0 bridgehead atoms. The molecule has 0 atom stereocenters. The van der Waals surface area contributed by atoms with E-state index < -0.39 is 30.9 Å². The van der Waals surface area contributed by atoms with Gasteiger partial charge in [0.2, 0.25) is 0 Å². The summed E-state index contributed by atoms with van der Waals surface area (Å²) in [5.74, 6) is -2.16. The first kappa shape index (κ1) is 20.8. The van der Waals surface area contributed by atoms with Crippen LogP contribution in [0.2, 0.25) is 0 Å². The Hall–Kier alpha value is -3.48. The van der Waals surface area contributed by atoms with Gasteiger partial charge in [0.25, 0.3) is 17.7 Å². The van der Waals surface area contributed by atoms with Crippen molar-refractivity contribution < 1.29 is 23.9 Å². The predicted molar refractivity (Wildman–Crippen MR) is 114 cm³/mol. The van der Waals surface area contributed by atoms with E-state index >= 15 is 0 Å². The Morgan fingerprint density at radius 3 is 2.06 bits per heavy atom. The van der Waals surface area contributed by atoms with Gasteiger partial charge in [0, 0.05) is 11.7 Å². The minimum absolute atomic E-state index is 0.0681. The molecule has 1 saturated carbocycles. The highest BCUT2D eigenvalue weighted by atomic mass is 16.5. The van der Waals surface area contributed by atoms with Crippen molar-refractivity contribution >= 4 is 29.4 Å². The summed E-state index contributed by atoms with van der Waals surface area (Å²) in [6, 6.07) is 15.8. The van der Waals surface area contributed by atoms with Crippen molar-refractivity contribution in [3.05, 3.63) is 65.7 Å². The van der Waals surface area contributed by atoms with E-state index in [1.165, 1.54) is 0 Å². The number of carbonyl (C=O) groups excluding carboxylic acids is 4. The molecule has 1 aliphatic carbocycles. The van der Waals surface area contributed by atoms with Crippen molar-refractivity contribution in [3.63, 3.8) is 0 Å². The second kappa shape index (κ2) is 9.12. The van der Waals surface area contributed by atoms with Crippen molar-refractivity contribution in [3.8, 4) is 0 Å². The van der Waals surface area contributed by atoms with Gasteiger partial charge in [0.1, 0.15) is 6.54 Å². The molecular weight excluding hydrogens is 396 g/mol. The number of benzene rings is 2. The second-order valence-electron chi connectivity index (χ2n) is 7.79. The number of ether oxygens (including phenoxy) is 1. The SMILES string of the molecule is O=C(CN1C(=O)c2ccccc2C1=O)OCC(=O)N(c1ccccc1)C1CCCCC1. The normalized spacial score (nSPS) is 16.2. The van der Waals surface area contributed by atoms with Gasteiger partial charge in [-0.3, -0.25) is 24.1 Å². The van der Waals surface area contributed by atoms with Crippen molar-refractivity contribution in [2.45, 2.75) is 38.1 Å². The quantitative estimate of drug-likeness (QED) is 0.529. The summed E-state index contributed by atoms with van der Waals surface area (Å²) in [5, 5.41) is 0. The smallest absolute Gasteiger partial charge is 0.326 e. The number of rotatable bonds is 6. The van der Waals surface area contributed by atoms with E-state index in [1.54, 1.807) is 29.2 Å². The molecule has 1 aliphatic heterocycles. The zero-order valence-electron chi connectivity index (χ0n) is 17.2. The summed E-state index contributed by atoms with van der Waals surface area (Å²) in [6.45, 7) is -0.957. The first-order valence-corrected chi connectivity index (χ1v) is 10.5. The minimum Gasteiger partial charge on any atom is -0.454 e. The molecule has 3 amide bonds. The van der Waals surface area contributed by atoms with Gasteiger partial charge in [-0.2, -0.15) is 0 Å². The molecule has 0 saturated heterocycles. The van der Waals surface area contributed by atoms with Crippen LogP contribution >= 0.6 is 0 Å². The zero-order chi connectivity index (χ0) is 21.8. The molecule has 1 heterocycles. The fourth-order valence-corrected chi connectivity index (χ4v) is 4.26. The van der Waals surface area contributed by atoms with E-state index in [2.05, 4.69) is 0 Å². The van der Waals surface area contributed by atoms with Crippen LogP contribution in [0.4, 0.5) is 5.69 Å². The molecule has 1 fully saturated rings. The Balaban J connectivity index is 1.39. The lowest BCUT2D eigenvalue weighted by atomic mass is 9.93. The van der Waals surface area contributed by atoms with Crippen molar-refractivity contribution in [1.29, 1.82) is 0 Å². The summed E-state index contributed by atoms with van der Waals surface area (Å²) in [5.41, 5.74) is 1.31. The number of amides is 3.